The quantitative estimate of drug-likeness (QED) is 0.864. The van der Waals surface area contributed by atoms with Gasteiger partial charge in [-0.05, 0) is 25.0 Å². The Morgan fingerprint density at radius 1 is 1.45 bits per heavy atom. The number of ether oxygens (including phenoxy) is 2. The predicted molar refractivity (Wildman–Crippen MR) is 76.9 cm³/mol. The number of hydrogen-bond donors (Lipinski definition) is 1. The maximum atomic E-state index is 11.8. The van der Waals surface area contributed by atoms with Gasteiger partial charge in [0, 0.05) is 20.2 Å². The van der Waals surface area contributed by atoms with Crippen molar-refractivity contribution in [3.63, 3.8) is 0 Å². The van der Waals surface area contributed by atoms with Crippen molar-refractivity contribution in [2.45, 2.75) is 18.9 Å². The van der Waals surface area contributed by atoms with E-state index in [0.717, 1.165) is 25.2 Å². The summed E-state index contributed by atoms with van der Waals surface area (Å²) < 4.78 is 11.0. The predicted octanol–water partition coefficient (Wildman–Crippen LogP) is 1.89. The van der Waals surface area contributed by atoms with Crippen molar-refractivity contribution >= 4 is 6.03 Å². The molecule has 0 aromatic heterocycles. The van der Waals surface area contributed by atoms with Crippen LogP contribution in [0.5, 0.6) is 5.75 Å². The molecule has 2 amide bonds. The van der Waals surface area contributed by atoms with Gasteiger partial charge in [-0.2, -0.15) is 0 Å². The number of rotatable bonds is 6. The van der Waals surface area contributed by atoms with Gasteiger partial charge in [-0.1, -0.05) is 18.2 Å². The maximum absolute atomic E-state index is 11.8. The van der Waals surface area contributed by atoms with E-state index in [-0.39, 0.29) is 12.1 Å². The molecule has 110 valence electrons. The molecule has 0 radical (unpaired) electrons. The second kappa shape index (κ2) is 7.75. The van der Waals surface area contributed by atoms with Crippen molar-refractivity contribution in [3.8, 4) is 5.75 Å². The number of nitrogens with zero attached hydrogens (tertiary/aromatic N) is 1. The van der Waals surface area contributed by atoms with E-state index in [9.17, 15) is 4.79 Å². The Labute approximate surface area is 119 Å². The van der Waals surface area contributed by atoms with Gasteiger partial charge in [0.05, 0.1) is 12.6 Å². The van der Waals surface area contributed by atoms with Crippen LogP contribution >= 0.6 is 0 Å². The third-order valence-electron chi connectivity index (χ3n) is 3.29. The molecule has 1 atom stereocenters. The van der Waals surface area contributed by atoms with E-state index in [1.165, 1.54) is 0 Å². The second-order valence-corrected chi connectivity index (χ2v) is 4.90. The SMILES string of the molecule is CN(CCOc1ccccc1)C(=O)NCC1CCCO1. The molecule has 1 aliphatic rings. The molecular formula is C15H22N2O3. The average Bonchev–Trinajstić information content (AvgIpc) is 2.99. The van der Waals surface area contributed by atoms with E-state index in [1.807, 2.05) is 30.3 Å². The number of likely N-dealkylation sites (N-methyl/N-ethyl adjacent to an activating group) is 1. The Bertz CT molecular complexity index is 405. The van der Waals surface area contributed by atoms with Crippen LogP contribution in [0.1, 0.15) is 12.8 Å². The Hall–Kier alpha value is -1.75. The van der Waals surface area contributed by atoms with Gasteiger partial charge in [-0.3, -0.25) is 0 Å². The van der Waals surface area contributed by atoms with E-state index in [1.54, 1.807) is 11.9 Å². The summed E-state index contributed by atoms with van der Waals surface area (Å²) in [5, 5.41) is 2.88. The van der Waals surface area contributed by atoms with E-state index >= 15 is 0 Å². The molecule has 0 aliphatic carbocycles. The Morgan fingerprint density at radius 3 is 2.95 bits per heavy atom. The molecule has 1 saturated heterocycles. The fraction of sp³-hybridized carbons (Fsp3) is 0.533. The lowest BCUT2D eigenvalue weighted by atomic mass is 10.2. The van der Waals surface area contributed by atoms with Gasteiger partial charge in [-0.15, -0.1) is 0 Å². The number of hydrogen-bond acceptors (Lipinski definition) is 3. The van der Waals surface area contributed by atoms with E-state index < -0.39 is 0 Å². The van der Waals surface area contributed by atoms with E-state index in [4.69, 9.17) is 9.47 Å². The summed E-state index contributed by atoms with van der Waals surface area (Å²) in [7, 11) is 1.76. The molecule has 0 spiro atoms. The third-order valence-corrected chi connectivity index (χ3v) is 3.29. The molecule has 1 aromatic rings. The Kier molecular flexibility index (Phi) is 5.68. The molecule has 1 aromatic carbocycles. The number of carbonyl (C=O) groups is 1. The Balaban J connectivity index is 1.61. The number of benzene rings is 1. The average molecular weight is 278 g/mol. The van der Waals surface area contributed by atoms with Gasteiger partial charge in [0.15, 0.2) is 0 Å². The minimum Gasteiger partial charge on any atom is -0.492 e. The van der Waals surface area contributed by atoms with Crippen LogP contribution in [0.2, 0.25) is 0 Å². The van der Waals surface area contributed by atoms with Crippen LogP contribution in [0.15, 0.2) is 30.3 Å². The highest BCUT2D eigenvalue weighted by Gasteiger charge is 2.17. The summed E-state index contributed by atoms with van der Waals surface area (Å²) in [5.41, 5.74) is 0. The smallest absolute Gasteiger partial charge is 0.317 e. The fourth-order valence-corrected chi connectivity index (χ4v) is 2.06. The lowest BCUT2D eigenvalue weighted by molar-refractivity contribution is 0.109. The molecule has 1 aliphatic heterocycles. The van der Waals surface area contributed by atoms with Gasteiger partial charge in [0.2, 0.25) is 0 Å². The molecule has 20 heavy (non-hydrogen) atoms. The summed E-state index contributed by atoms with van der Waals surface area (Å²) in [4.78, 5) is 13.5. The minimum absolute atomic E-state index is 0.0860. The van der Waals surface area contributed by atoms with Gasteiger partial charge >= 0.3 is 6.03 Å². The number of nitrogens with one attached hydrogen (secondary N) is 1. The maximum Gasteiger partial charge on any atom is 0.317 e. The van der Waals surface area contributed by atoms with Crippen LogP contribution in [0, 0.1) is 0 Å². The van der Waals surface area contributed by atoms with Crippen molar-refractivity contribution in [1.82, 2.24) is 10.2 Å². The van der Waals surface area contributed by atoms with Crippen molar-refractivity contribution in [3.05, 3.63) is 30.3 Å². The lowest BCUT2D eigenvalue weighted by Crippen LogP contribution is -2.42. The fourth-order valence-electron chi connectivity index (χ4n) is 2.06. The first-order chi connectivity index (χ1) is 9.75. The number of carbonyl (C=O) groups excluding carboxylic acids is 1. The van der Waals surface area contributed by atoms with Gasteiger partial charge in [0.1, 0.15) is 12.4 Å². The van der Waals surface area contributed by atoms with Crippen LogP contribution < -0.4 is 10.1 Å². The molecule has 1 unspecified atom stereocenters. The first-order valence-electron chi connectivity index (χ1n) is 7.04. The second-order valence-electron chi connectivity index (χ2n) is 4.90. The highest BCUT2D eigenvalue weighted by Crippen LogP contribution is 2.10. The van der Waals surface area contributed by atoms with Crippen LogP contribution in [-0.4, -0.2) is 50.4 Å². The van der Waals surface area contributed by atoms with Crippen molar-refractivity contribution in [1.29, 1.82) is 0 Å². The summed E-state index contributed by atoms with van der Waals surface area (Å²) >= 11 is 0. The van der Waals surface area contributed by atoms with Crippen LogP contribution in [-0.2, 0) is 4.74 Å². The minimum atomic E-state index is -0.0860. The van der Waals surface area contributed by atoms with Crippen molar-refractivity contribution in [2.24, 2.45) is 0 Å². The molecule has 0 bridgehead atoms. The number of urea groups is 1. The van der Waals surface area contributed by atoms with Crippen molar-refractivity contribution in [2.75, 3.05) is 33.4 Å². The third kappa shape index (κ3) is 4.74. The number of amides is 2. The summed E-state index contributed by atoms with van der Waals surface area (Å²) in [6, 6.07) is 9.50. The first-order valence-corrected chi connectivity index (χ1v) is 7.04. The monoisotopic (exact) mass is 278 g/mol. The van der Waals surface area contributed by atoms with E-state index in [2.05, 4.69) is 5.32 Å². The molecule has 1 N–H and O–H groups in total. The van der Waals surface area contributed by atoms with Crippen molar-refractivity contribution < 1.29 is 14.3 Å². The molecule has 5 nitrogen and oxygen atoms in total. The standard InChI is InChI=1S/C15H22N2O3/c1-17(9-11-20-13-6-3-2-4-7-13)15(18)16-12-14-8-5-10-19-14/h2-4,6-7,14H,5,8-12H2,1H3,(H,16,18). The normalized spacial score (nSPS) is 17.8. The molecule has 0 saturated carbocycles. The molecule has 5 heteroatoms. The largest absolute Gasteiger partial charge is 0.492 e. The van der Waals surface area contributed by atoms with Crippen LogP contribution in [0.3, 0.4) is 0 Å². The lowest BCUT2D eigenvalue weighted by Gasteiger charge is -2.19. The zero-order valence-corrected chi connectivity index (χ0v) is 11.9. The van der Waals surface area contributed by atoms with Crippen LogP contribution in [0.25, 0.3) is 0 Å². The molecular weight excluding hydrogens is 256 g/mol. The van der Waals surface area contributed by atoms with Gasteiger partial charge in [0.25, 0.3) is 0 Å². The Morgan fingerprint density at radius 2 is 2.25 bits per heavy atom. The van der Waals surface area contributed by atoms with E-state index in [0.29, 0.717) is 19.7 Å². The van der Waals surface area contributed by atoms with Gasteiger partial charge < -0.3 is 19.7 Å². The van der Waals surface area contributed by atoms with Crippen LogP contribution in [0.4, 0.5) is 4.79 Å². The highest BCUT2D eigenvalue weighted by molar-refractivity contribution is 5.73. The summed E-state index contributed by atoms with van der Waals surface area (Å²) in [6.45, 7) is 2.42. The summed E-state index contributed by atoms with van der Waals surface area (Å²) in [5.74, 6) is 0.820. The topological polar surface area (TPSA) is 50.8 Å². The molecule has 1 heterocycles. The van der Waals surface area contributed by atoms with Gasteiger partial charge in [-0.25, -0.2) is 4.79 Å². The molecule has 2 rings (SSSR count). The first kappa shape index (κ1) is 14.7. The zero-order chi connectivity index (χ0) is 14.2. The summed E-state index contributed by atoms with van der Waals surface area (Å²) in [6.07, 6.45) is 2.29. The zero-order valence-electron chi connectivity index (χ0n) is 11.9. The molecule has 1 fully saturated rings. The highest BCUT2D eigenvalue weighted by atomic mass is 16.5. The number of para-hydroxylation sites is 1.